The van der Waals surface area contributed by atoms with Gasteiger partial charge in [-0.2, -0.15) is 0 Å². The number of ether oxygens (including phenoxy) is 1. The first kappa shape index (κ1) is 15.0. The second-order valence-electron chi connectivity index (χ2n) is 6.48. The van der Waals surface area contributed by atoms with Crippen molar-refractivity contribution in [2.45, 2.75) is 31.0 Å². The standard InChI is InChI=1S/C16H21N5OS/c1-20(9-13-4-2-3-6-17-13)14-8-16(22-10-14)5-7-21(11-16)15-19-18-12-23-15/h2-4,6,12,14H,5,7-11H2,1H3/t14-,16+/m0/s1. The molecule has 0 aliphatic carbocycles. The third-order valence-corrected chi connectivity index (χ3v) is 5.64. The Bertz CT molecular complexity index is 637. The number of nitrogens with zero attached hydrogens (tertiary/aromatic N) is 5. The second-order valence-corrected chi connectivity index (χ2v) is 7.29. The maximum atomic E-state index is 6.25. The molecule has 122 valence electrons. The Morgan fingerprint density at radius 2 is 2.43 bits per heavy atom. The third kappa shape index (κ3) is 3.08. The number of aromatic nitrogens is 3. The third-order valence-electron chi connectivity index (χ3n) is 4.89. The Kier molecular flexibility index (Phi) is 4.00. The molecule has 7 heteroatoms. The molecular formula is C16H21N5OS. The van der Waals surface area contributed by atoms with Crippen molar-refractivity contribution in [3.63, 3.8) is 0 Å². The van der Waals surface area contributed by atoms with E-state index in [1.165, 1.54) is 0 Å². The monoisotopic (exact) mass is 331 g/mol. The predicted octanol–water partition coefficient (Wildman–Crippen LogP) is 1.80. The van der Waals surface area contributed by atoms with E-state index in [4.69, 9.17) is 4.74 Å². The zero-order chi connectivity index (χ0) is 15.7. The highest BCUT2D eigenvalue weighted by Crippen LogP contribution is 2.38. The zero-order valence-electron chi connectivity index (χ0n) is 13.3. The van der Waals surface area contributed by atoms with Crippen LogP contribution in [0.1, 0.15) is 18.5 Å². The van der Waals surface area contributed by atoms with Crippen molar-refractivity contribution in [3.8, 4) is 0 Å². The molecule has 0 amide bonds. The average molecular weight is 331 g/mol. The van der Waals surface area contributed by atoms with Crippen molar-refractivity contribution < 1.29 is 4.74 Å². The van der Waals surface area contributed by atoms with Gasteiger partial charge >= 0.3 is 0 Å². The largest absolute Gasteiger partial charge is 0.371 e. The van der Waals surface area contributed by atoms with Gasteiger partial charge in [-0.05, 0) is 32.0 Å². The van der Waals surface area contributed by atoms with E-state index in [-0.39, 0.29) is 5.60 Å². The summed E-state index contributed by atoms with van der Waals surface area (Å²) >= 11 is 1.60. The van der Waals surface area contributed by atoms with Crippen molar-refractivity contribution in [2.75, 3.05) is 31.6 Å². The maximum absolute atomic E-state index is 6.25. The molecule has 0 unspecified atom stereocenters. The summed E-state index contributed by atoms with van der Waals surface area (Å²) < 4.78 is 6.25. The fourth-order valence-electron chi connectivity index (χ4n) is 3.58. The maximum Gasteiger partial charge on any atom is 0.208 e. The van der Waals surface area contributed by atoms with Crippen molar-refractivity contribution >= 4 is 16.5 Å². The van der Waals surface area contributed by atoms with Crippen molar-refractivity contribution in [3.05, 3.63) is 35.6 Å². The molecule has 2 aliphatic heterocycles. The molecular weight excluding hydrogens is 310 g/mol. The molecule has 23 heavy (non-hydrogen) atoms. The van der Waals surface area contributed by atoms with E-state index in [0.717, 1.165) is 49.9 Å². The van der Waals surface area contributed by atoms with Crippen LogP contribution >= 0.6 is 11.3 Å². The number of anilines is 1. The van der Waals surface area contributed by atoms with Gasteiger partial charge < -0.3 is 9.64 Å². The summed E-state index contributed by atoms with van der Waals surface area (Å²) in [5.74, 6) is 0. The van der Waals surface area contributed by atoms with Crippen LogP contribution in [0.2, 0.25) is 0 Å². The quantitative estimate of drug-likeness (QED) is 0.852. The minimum atomic E-state index is -0.0191. The number of rotatable bonds is 4. The van der Waals surface area contributed by atoms with Gasteiger partial charge in [0.1, 0.15) is 5.51 Å². The molecule has 6 nitrogen and oxygen atoms in total. The number of hydrogen-bond donors (Lipinski definition) is 0. The smallest absolute Gasteiger partial charge is 0.208 e. The Morgan fingerprint density at radius 1 is 1.48 bits per heavy atom. The second kappa shape index (κ2) is 6.14. The zero-order valence-corrected chi connectivity index (χ0v) is 14.1. The van der Waals surface area contributed by atoms with Crippen LogP contribution in [0.5, 0.6) is 0 Å². The lowest BCUT2D eigenvalue weighted by molar-refractivity contribution is 0.0206. The molecule has 2 saturated heterocycles. The van der Waals surface area contributed by atoms with Crippen LogP contribution in [0.25, 0.3) is 0 Å². The van der Waals surface area contributed by atoms with Gasteiger partial charge in [-0.25, -0.2) is 0 Å². The van der Waals surface area contributed by atoms with E-state index in [1.807, 2.05) is 18.3 Å². The number of pyridine rings is 1. The summed E-state index contributed by atoms with van der Waals surface area (Å²) in [6.07, 6.45) is 4.00. The molecule has 2 aliphatic rings. The lowest BCUT2D eigenvalue weighted by Gasteiger charge is -2.25. The molecule has 0 N–H and O–H groups in total. The fraction of sp³-hybridized carbons (Fsp3) is 0.562. The van der Waals surface area contributed by atoms with Crippen molar-refractivity contribution in [1.82, 2.24) is 20.1 Å². The molecule has 2 fully saturated rings. The minimum Gasteiger partial charge on any atom is -0.371 e. The van der Waals surface area contributed by atoms with Gasteiger partial charge in [-0.1, -0.05) is 17.4 Å². The fourth-order valence-corrected chi connectivity index (χ4v) is 4.16. The van der Waals surface area contributed by atoms with Crippen LogP contribution in [0, 0.1) is 0 Å². The Hall–Kier alpha value is -1.57. The molecule has 1 spiro atoms. The summed E-state index contributed by atoms with van der Waals surface area (Å²) in [6.45, 7) is 3.60. The summed E-state index contributed by atoms with van der Waals surface area (Å²) in [5.41, 5.74) is 2.88. The van der Waals surface area contributed by atoms with E-state index in [2.05, 4.69) is 38.1 Å². The van der Waals surface area contributed by atoms with Gasteiger partial charge in [0.15, 0.2) is 0 Å². The van der Waals surface area contributed by atoms with Crippen molar-refractivity contribution in [2.24, 2.45) is 0 Å². The van der Waals surface area contributed by atoms with Gasteiger partial charge in [0.2, 0.25) is 5.13 Å². The molecule has 2 aromatic heterocycles. The molecule has 0 radical (unpaired) electrons. The van der Waals surface area contributed by atoms with E-state index in [9.17, 15) is 0 Å². The summed E-state index contributed by atoms with van der Waals surface area (Å²) in [7, 11) is 2.17. The van der Waals surface area contributed by atoms with Crippen LogP contribution in [-0.4, -0.2) is 58.5 Å². The first-order valence-corrected chi connectivity index (χ1v) is 8.87. The normalized spacial score (nSPS) is 27.4. The molecule has 0 aromatic carbocycles. The molecule has 0 bridgehead atoms. The lowest BCUT2D eigenvalue weighted by Crippen LogP contribution is -2.36. The highest BCUT2D eigenvalue weighted by Gasteiger charge is 2.47. The van der Waals surface area contributed by atoms with Crippen LogP contribution in [0.3, 0.4) is 0 Å². The Morgan fingerprint density at radius 3 is 3.22 bits per heavy atom. The summed E-state index contributed by atoms with van der Waals surface area (Å²) in [5, 5.41) is 9.14. The molecule has 4 heterocycles. The minimum absolute atomic E-state index is 0.0191. The Labute approximate surface area is 140 Å². The highest BCUT2D eigenvalue weighted by atomic mass is 32.1. The van der Waals surface area contributed by atoms with Gasteiger partial charge in [0, 0.05) is 31.9 Å². The topological polar surface area (TPSA) is 54.4 Å². The van der Waals surface area contributed by atoms with E-state index < -0.39 is 0 Å². The molecule has 2 aromatic rings. The predicted molar refractivity (Wildman–Crippen MR) is 89.5 cm³/mol. The summed E-state index contributed by atoms with van der Waals surface area (Å²) in [6, 6.07) is 6.53. The van der Waals surface area contributed by atoms with Gasteiger partial charge in [-0.3, -0.25) is 9.88 Å². The average Bonchev–Trinajstić information content (AvgIpc) is 3.30. The molecule has 0 saturated carbocycles. The lowest BCUT2D eigenvalue weighted by atomic mass is 9.96. The molecule has 4 rings (SSSR count). The van der Waals surface area contributed by atoms with E-state index >= 15 is 0 Å². The van der Waals surface area contributed by atoms with E-state index in [1.54, 1.807) is 16.8 Å². The first-order valence-electron chi connectivity index (χ1n) is 7.99. The number of likely N-dealkylation sites (N-methyl/N-ethyl adjacent to an activating group) is 1. The van der Waals surface area contributed by atoms with Crippen LogP contribution in [0.15, 0.2) is 29.9 Å². The first-order chi connectivity index (χ1) is 11.2. The van der Waals surface area contributed by atoms with Crippen LogP contribution in [-0.2, 0) is 11.3 Å². The SMILES string of the molecule is CN(Cc1ccccn1)[C@@H]1CO[C@]2(CCN(c3nncs3)C2)C1. The van der Waals surface area contributed by atoms with Crippen molar-refractivity contribution in [1.29, 1.82) is 0 Å². The van der Waals surface area contributed by atoms with Gasteiger partial charge in [0.25, 0.3) is 0 Å². The number of hydrogen-bond acceptors (Lipinski definition) is 7. The van der Waals surface area contributed by atoms with E-state index in [0.29, 0.717) is 6.04 Å². The van der Waals surface area contributed by atoms with Gasteiger partial charge in [-0.15, -0.1) is 10.2 Å². The Balaban J connectivity index is 1.37. The van der Waals surface area contributed by atoms with Gasteiger partial charge in [0.05, 0.1) is 17.9 Å². The van der Waals surface area contributed by atoms with Crippen LogP contribution < -0.4 is 4.90 Å². The highest BCUT2D eigenvalue weighted by molar-refractivity contribution is 7.13. The molecule has 2 atom stereocenters. The summed E-state index contributed by atoms with van der Waals surface area (Å²) in [4.78, 5) is 9.09. The van der Waals surface area contributed by atoms with Crippen LogP contribution in [0.4, 0.5) is 5.13 Å².